The number of fused-ring (bicyclic) bond motifs is 1. The number of hydrogen-bond donors (Lipinski definition) is 0. The van der Waals surface area contributed by atoms with Gasteiger partial charge in [0.2, 0.25) is 0 Å². The molecule has 4 rings (SSSR count). The molecule has 4 nitrogen and oxygen atoms in total. The van der Waals surface area contributed by atoms with Gasteiger partial charge in [-0.2, -0.15) is 16.4 Å². The highest BCUT2D eigenvalue weighted by Gasteiger charge is 2.12. The van der Waals surface area contributed by atoms with E-state index in [2.05, 4.69) is 51.5 Å². The SMILES string of the molecule is Cc1ccc2c(c1)c(Cn1ccnc1-c1ccsc1)nn2C. The molecular weight excluding hydrogens is 292 g/mol. The standard InChI is InChI=1S/C17H16N4S/c1-12-3-4-16-14(9-12)15(19-20(16)2)10-21-7-6-18-17(21)13-5-8-22-11-13/h3-9,11H,10H2,1-2H3. The van der Waals surface area contributed by atoms with Crippen molar-refractivity contribution in [3.63, 3.8) is 0 Å². The van der Waals surface area contributed by atoms with Gasteiger partial charge in [0.1, 0.15) is 5.82 Å². The number of aryl methyl sites for hydroxylation is 2. The normalized spacial score (nSPS) is 11.4. The van der Waals surface area contributed by atoms with Crippen molar-refractivity contribution in [1.29, 1.82) is 0 Å². The lowest BCUT2D eigenvalue weighted by Gasteiger charge is -2.05. The largest absolute Gasteiger partial charge is 0.325 e. The third-order valence-electron chi connectivity index (χ3n) is 3.90. The van der Waals surface area contributed by atoms with Crippen molar-refractivity contribution in [2.45, 2.75) is 13.5 Å². The van der Waals surface area contributed by atoms with Gasteiger partial charge >= 0.3 is 0 Å². The van der Waals surface area contributed by atoms with E-state index in [9.17, 15) is 0 Å². The summed E-state index contributed by atoms with van der Waals surface area (Å²) in [7, 11) is 1.99. The van der Waals surface area contributed by atoms with E-state index < -0.39 is 0 Å². The third-order valence-corrected chi connectivity index (χ3v) is 4.58. The first-order valence-electron chi connectivity index (χ1n) is 7.18. The number of aromatic nitrogens is 4. The molecule has 110 valence electrons. The van der Waals surface area contributed by atoms with Gasteiger partial charge in [-0.3, -0.25) is 4.68 Å². The molecule has 0 spiro atoms. The molecule has 0 amide bonds. The van der Waals surface area contributed by atoms with Crippen LogP contribution in [0.2, 0.25) is 0 Å². The predicted molar refractivity (Wildman–Crippen MR) is 90.1 cm³/mol. The van der Waals surface area contributed by atoms with Crippen molar-refractivity contribution in [3.05, 3.63) is 58.7 Å². The van der Waals surface area contributed by atoms with E-state index in [1.54, 1.807) is 11.3 Å². The molecule has 0 aliphatic carbocycles. The Morgan fingerprint density at radius 2 is 2.14 bits per heavy atom. The summed E-state index contributed by atoms with van der Waals surface area (Å²) in [4.78, 5) is 4.49. The molecule has 0 atom stereocenters. The van der Waals surface area contributed by atoms with E-state index in [-0.39, 0.29) is 0 Å². The van der Waals surface area contributed by atoms with Gasteiger partial charge in [0.05, 0.1) is 17.8 Å². The van der Waals surface area contributed by atoms with Gasteiger partial charge < -0.3 is 4.57 Å². The van der Waals surface area contributed by atoms with Crippen LogP contribution in [-0.2, 0) is 13.6 Å². The van der Waals surface area contributed by atoms with Crippen molar-refractivity contribution >= 4 is 22.2 Å². The Morgan fingerprint density at radius 3 is 2.95 bits per heavy atom. The Labute approximate surface area is 132 Å². The fourth-order valence-electron chi connectivity index (χ4n) is 2.82. The zero-order valence-corrected chi connectivity index (χ0v) is 13.3. The van der Waals surface area contributed by atoms with Crippen molar-refractivity contribution < 1.29 is 0 Å². The number of rotatable bonds is 3. The van der Waals surface area contributed by atoms with Gasteiger partial charge in [0, 0.05) is 35.8 Å². The lowest BCUT2D eigenvalue weighted by molar-refractivity contribution is 0.722. The van der Waals surface area contributed by atoms with Gasteiger partial charge in [0.25, 0.3) is 0 Å². The maximum Gasteiger partial charge on any atom is 0.141 e. The lowest BCUT2D eigenvalue weighted by Crippen LogP contribution is -2.02. The first-order valence-corrected chi connectivity index (χ1v) is 8.12. The third kappa shape index (κ3) is 2.14. The van der Waals surface area contributed by atoms with Crippen molar-refractivity contribution in [2.75, 3.05) is 0 Å². The van der Waals surface area contributed by atoms with E-state index in [1.165, 1.54) is 10.9 Å². The minimum atomic E-state index is 0.728. The quantitative estimate of drug-likeness (QED) is 0.576. The maximum atomic E-state index is 4.70. The Hall–Kier alpha value is -2.40. The van der Waals surface area contributed by atoms with Crippen LogP contribution in [0.5, 0.6) is 0 Å². The molecule has 0 aliphatic heterocycles. The first-order chi connectivity index (χ1) is 10.7. The van der Waals surface area contributed by atoms with Crippen LogP contribution < -0.4 is 0 Å². The summed E-state index contributed by atoms with van der Waals surface area (Å²) in [6, 6.07) is 8.57. The van der Waals surface area contributed by atoms with Gasteiger partial charge in [0.15, 0.2) is 0 Å². The summed E-state index contributed by atoms with van der Waals surface area (Å²) in [6.07, 6.45) is 3.87. The summed E-state index contributed by atoms with van der Waals surface area (Å²) >= 11 is 1.69. The summed E-state index contributed by atoms with van der Waals surface area (Å²) in [5.41, 5.74) is 4.66. The zero-order valence-electron chi connectivity index (χ0n) is 12.5. The summed E-state index contributed by atoms with van der Waals surface area (Å²) in [5, 5.41) is 10.1. The molecule has 3 aromatic heterocycles. The van der Waals surface area contributed by atoms with Crippen LogP contribution in [-0.4, -0.2) is 19.3 Å². The second-order valence-electron chi connectivity index (χ2n) is 5.48. The minimum Gasteiger partial charge on any atom is -0.325 e. The van der Waals surface area contributed by atoms with Crippen molar-refractivity contribution in [3.8, 4) is 11.4 Å². The molecule has 0 radical (unpaired) electrons. The van der Waals surface area contributed by atoms with Crippen LogP contribution in [0.1, 0.15) is 11.3 Å². The van der Waals surface area contributed by atoms with Crippen LogP contribution in [0.25, 0.3) is 22.3 Å². The molecule has 3 heterocycles. The molecule has 0 saturated heterocycles. The molecule has 0 saturated carbocycles. The Morgan fingerprint density at radius 1 is 1.23 bits per heavy atom. The monoisotopic (exact) mass is 308 g/mol. The van der Waals surface area contributed by atoms with Gasteiger partial charge in [-0.15, -0.1) is 0 Å². The number of thiophene rings is 1. The highest BCUT2D eigenvalue weighted by atomic mass is 32.1. The Balaban J connectivity index is 1.79. The van der Waals surface area contributed by atoms with Crippen molar-refractivity contribution in [1.82, 2.24) is 19.3 Å². The summed E-state index contributed by atoms with van der Waals surface area (Å²) in [5.74, 6) is 0.993. The smallest absolute Gasteiger partial charge is 0.141 e. The Kier molecular flexibility index (Phi) is 3.08. The summed E-state index contributed by atoms with van der Waals surface area (Å²) in [6.45, 7) is 2.84. The Bertz CT molecular complexity index is 931. The number of imidazole rings is 1. The first kappa shape index (κ1) is 13.3. The van der Waals surface area contributed by atoms with E-state index in [1.807, 2.05) is 24.1 Å². The van der Waals surface area contributed by atoms with Gasteiger partial charge in [-0.05, 0) is 30.5 Å². The molecule has 4 aromatic rings. The molecule has 0 fully saturated rings. The van der Waals surface area contributed by atoms with Crippen molar-refractivity contribution in [2.24, 2.45) is 7.05 Å². The van der Waals surface area contributed by atoms with Crippen LogP contribution in [0.4, 0.5) is 0 Å². The lowest BCUT2D eigenvalue weighted by atomic mass is 10.1. The van der Waals surface area contributed by atoms with Crippen LogP contribution in [0.3, 0.4) is 0 Å². The predicted octanol–water partition coefficient (Wildman–Crippen LogP) is 3.86. The second-order valence-corrected chi connectivity index (χ2v) is 6.26. The average Bonchev–Trinajstić information content (AvgIpc) is 3.21. The highest BCUT2D eigenvalue weighted by molar-refractivity contribution is 7.08. The molecule has 1 aromatic carbocycles. The van der Waals surface area contributed by atoms with E-state index in [0.717, 1.165) is 29.1 Å². The van der Waals surface area contributed by atoms with E-state index in [0.29, 0.717) is 0 Å². The average molecular weight is 308 g/mol. The molecule has 0 bridgehead atoms. The van der Waals surface area contributed by atoms with Gasteiger partial charge in [-0.1, -0.05) is 11.6 Å². The number of hydrogen-bond acceptors (Lipinski definition) is 3. The number of benzene rings is 1. The highest BCUT2D eigenvalue weighted by Crippen LogP contribution is 2.24. The molecule has 0 N–H and O–H groups in total. The number of nitrogens with zero attached hydrogens (tertiary/aromatic N) is 4. The fourth-order valence-corrected chi connectivity index (χ4v) is 3.45. The van der Waals surface area contributed by atoms with Crippen LogP contribution in [0.15, 0.2) is 47.4 Å². The molecule has 0 unspecified atom stereocenters. The second kappa shape index (κ2) is 5.10. The van der Waals surface area contributed by atoms with E-state index in [4.69, 9.17) is 5.10 Å². The zero-order chi connectivity index (χ0) is 15.1. The maximum absolute atomic E-state index is 4.70. The van der Waals surface area contributed by atoms with Crippen LogP contribution in [0, 0.1) is 6.92 Å². The fraction of sp³-hybridized carbons (Fsp3) is 0.176. The molecule has 0 aliphatic rings. The molecule has 5 heteroatoms. The topological polar surface area (TPSA) is 35.6 Å². The minimum absolute atomic E-state index is 0.728. The van der Waals surface area contributed by atoms with Crippen LogP contribution >= 0.6 is 11.3 Å². The molecular formula is C17H16N4S. The summed E-state index contributed by atoms with van der Waals surface area (Å²) < 4.78 is 4.11. The van der Waals surface area contributed by atoms with E-state index >= 15 is 0 Å². The van der Waals surface area contributed by atoms with Gasteiger partial charge in [-0.25, -0.2) is 4.98 Å². The molecule has 22 heavy (non-hydrogen) atoms.